The zero-order valence-electron chi connectivity index (χ0n) is 14.4. The molecule has 0 saturated heterocycles. The van der Waals surface area contributed by atoms with E-state index in [4.69, 9.17) is 4.74 Å². The van der Waals surface area contributed by atoms with E-state index in [0.717, 1.165) is 18.5 Å². The third kappa shape index (κ3) is 9.49. The first kappa shape index (κ1) is 20.4. The maximum atomic E-state index is 12.0. The maximum absolute atomic E-state index is 12.0. The first-order valence-electron chi connectivity index (χ1n) is 8.09. The molecule has 0 aliphatic carbocycles. The quantitative estimate of drug-likeness (QED) is 0.308. The second kappa shape index (κ2) is 11.8. The van der Waals surface area contributed by atoms with Gasteiger partial charge >= 0.3 is 0 Å². The summed E-state index contributed by atoms with van der Waals surface area (Å²) < 4.78 is 31.6. The van der Waals surface area contributed by atoms with Gasteiger partial charge in [-0.25, -0.2) is 13.1 Å². The Morgan fingerprint density at radius 1 is 1.21 bits per heavy atom. The molecule has 0 aromatic heterocycles. The molecule has 7 nitrogen and oxygen atoms in total. The van der Waals surface area contributed by atoms with E-state index in [1.54, 1.807) is 7.11 Å². The monoisotopic (exact) mass is 356 g/mol. The number of guanidine groups is 1. The Morgan fingerprint density at radius 3 is 2.62 bits per heavy atom. The standard InChI is InChI=1S/C16H28N4O3S/c1-3-17-16(18-10-7-12-23-2)19-11-13-24(21,22)20-14-15-8-5-4-6-9-15/h4-6,8-9,20H,3,7,10-14H2,1-2H3,(H2,17,18,19). The van der Waals surface area contributed by atoms with Crippen LogP contribution in [0.1, 0.15) is 18.9 Å². The molecular formula is C16H28N4O3S. The van der Waals surface area contributed by atoms with Crippen molar-refractivity contribution in [1.82, 2.24) is 15.4 Å². The van der Waals surface area contributed by atoms with Gasteiger partial charge in [0.05, 0.1) is 5.75 Å². The van der Waals surface area contributed by atoms with Gasteiger partial charge in [0, 0.05) is 39.9 Å². The highest BCUT2D eigenvalue weighted by molar-refractivity contribution is 7.89. The Morgan fingerprint density at radius 2 is 1.96 bits per heavy atom. The summed E-state index contributed by atoms with van der Waals surface area (Å²) in [6, 6.07) is 9.44. The van der Waals surface area contributed by atoms with Gasteiger partial charge in [0.1, 0.15) is 0 Å². The fraction of sp³-hybridized carbons (Fsp3) is 0.562. The van der Waals surface area contributed by atoms with E-state index >= 15 is 0 Å². The number of benzene rings is 1. The molecule has 1 rings (SSSR count). The van der Waals surface area contributed by atoms with Crippen LogP contribution in [0.15, 0.2) is 35.3 Å². The topological polar surface area (TPSA) is 91.8 Å². The lowest BCUT2D eigenvalue weighted by atomic mass is 10.2. The zero-order valence-corrected chi connectivity index (χ0v) is 15.2. The van der Waals surface area contributed by atoms with Gasteiger partial charge < -0.3 is 15.4 Å². The van der Waals surface area contributed by atoms with Crippen molar-refractivity contribution in [3.05, 3.63) is 35.9 Å². The van der Waals surface area contributed by atoms with E-state index < -0.39 is 10.0 Å². The van der Waals surface area contributed by atoms with Crippen LogP contribution < -0.4 is 15.4 Å². The molecule has 3 N–H and O–H groups in total. The van der Waals surface area contributed by atoms with Crippen LogP contribution in [-0.4, -0.2) is 53.5 Å². The van der Waals surface area contributed by atoms with Crippen molar-refractivity contribution < 1.29 is 13.2 Å². The molecule has 0 radical (unpaired) electrons. The Labute approximate surface area is 145 Å². The Kier molecular flexibility index (Phi) is 10.1. The number of ether oxygens (including phenoxy) is 1. The molecule has 136 valence electrons. The normalized spacial score (nSPS) is 12.2. The highest BCUT2D eigenvalue weighted by atomic mass is 32.2. The van der Waals surface area contributed by atoms with Crippen molar-refractivity contribution in [3.63, 3.8) is 0 Å². The molecule has 1 aromatic rings. The van der Waals surface area contributed by atoms with Gasteiger partial charge in [0.2, 0.25) is 10.0 Å². The van der Waals surface area contributed by atoms with Crippen LogP contribution in [0.2, 0.25) is 0 Å². The number of aliphatic imine (C=N–C) groups is 1. The summed E-state index contributed by atoms with van der Waals surface area (Å²) in [5.74, 6) is 0.606. The predicted molar refractivity (Wildman–Crippen MR) is 97.5 cm³/mol. The van der Waals surface area contributed by atoms with Crippen molar-refractivity contribution >= 4 is 16.0 Å². The van der Waals surface area contributed by atoms with Crippen molar-refractivity contribution in [2.75, 3.05) is 39.1 Å². The fourth-order valence-electron chi connectivity index (χ4n) is 1.91. The molecule has 1 aromatic carbocycles. The summed E-state index contributed by atoms with van der Waals surface area (Å²) in [5, 5.41) is 6.12. The number of nitrogens with zero attached hydrogens (tertiary/aromatic N) is 1. The van der Waals surface area contributed by atoms with Gasteiger partial charge in [-0.15, -0.1) is 0 Å². The number of nitrogens with one attached hydrogen (secondary N) is 3. The summed E-state index contributed by atoms with van der Waals surface area (Å²) >= 11 is 0. The van der Waals surface area contributed by atoms with Crippen LogP contribution in [0, 0.1) is 0 Å². The predicted octanol–water partition coefficient (Wildman–Crippen LogP) is 0.698. The average molecular weight is 356 g/mol. The number of hydrogen-bond donors (Lipinski definition) is 3. The first-order chi connectivity index (χ1) is 11.6. The van der Waals surface area contributed by atoms with Crippen molar-refractivity contribution in [2.24, 2.45) is 4.99 Å². The van der Waals surface area contributed by atoms with Crippen LogP contribution in [0.4, 0.5) is 0 Å². The molecule has 0 aliphatic heterocycles. The lowest BCUT2D eigenvalue weighted by Gasteiger charge is -2.12. The van der Waals surface area contributed by atoms with Gasteiger partial charge in [-0.1, -0.05) is 30.3 Å². The third-order valence-corrected chi connectivity index (χ3v) is 4.45. The number of sulfonamides is 1. The second-order valence-electron chi connectivity index (χ2n) is 5.16. The molecule has 8 heteroatoms. The summed E-state index contributed by atoms with van der Waals surface area (Å²) in [7, 11) is -1.68. The minimum Gasteiger partial charge on any atom is -0.385 e. The van der Waals surface area contributed by atoms with E-state index in [1.165, 1.54) is 0 Å². The van der Waals surface area contributed by atoms with Crippen LogP contribution >= 0.6 is 0 Å². The molecule has 0 spiro atoms. The second-order valence-corrected chi connectivity index (χ2v) is 7.09. The maximum Gasteiger partial charge on any atom is 0.213 e. The molecule has 0 heterocycles. The molecule has 0 saturated carbocycles. The average Bonchev–Trinajstić information content (AvgIpc) is 2.58. The molecule has 0 aliphatic rings. The Balaban J connectivity index is 2.36. The Hall–Kier alpha value is -1.64. The number of hydrogen-bond acceptors (Lipinski definition) is 4. The molecule has 0 amide bonds. The van der Waals surface area contributed by atoms with Crippen molar-refractivity contribution in [1.29, 1.82) is 0 Å². The number of rotatable bonds is 11. The SMILES string of the molecule is CCNC(=NCCCOC)NCCS(=O)(=O)NCc1ccccc1. The highest BCUT2D eigenvalue weighted by Crippen LogP contribution is 1.98. The van der Waals surface area contributed by atoms with E-state index in [1.807, 2.05) is 37.3 Å². The fourth-order valence-corrected chi connectivity index (χ4v) is 2.81. The molecule has 0 atom stereocenters. The Bertz CT molecular complexity index is 576. The highest BCUT2D eigenvalue weighted by Gasteiger charge is 2.10. The number of methoxy groups -OCH3 is 1. The summed E-state index contributed by atoms with van der Waals surface area (Å²) in [5.41, 5.74) is 0.932. The largest absolute Gasteiger partial charge is 0.385 e. The van der Waals surface area contributed by atoms with E-state index in [0.29, 0.717) is 32.2 Å². The molecule has 0 bridgehead atoms. The van der Waals surface area contributed by atoms with Crippen LogP contribution in [0.3, 0.4) is 0 Å². The van der Waals surface area contributed by atoms with Crippen LogP contribution in [0.25, 0.3) is 0 Å². The third-order valence-electron chi connectivity index (χ3n) is 3.12. The van der Waals surface area contributed by atoms with Crippen LogP contribution in [-0.2, 0) is 21.3 Å². The van der Waals surface area contributed by atoms with Crippen molar-refractivity contribution in [3.8, 4) is 0 Å². The summed E-state index contributed by atoms with van der Waals surface area (Å²) in [6.45, 7) is 4.55. The van der Waals surface area contributed by atoms with Gasteiger partial charge in [-0.2, -0.15) is 0 Å². The van der Waals surface area contributed by atoms with Crippen LogP contribution in [0.5, 0.6) is 0 Å². The minimum absolute atomic E-state index is 0.0116. The first-order valence-corrected chi connectivity index (χ1v) is 9.75. The van der Waals surface area contributed by atoms with E-state index in [9.17, 15) is 8.42 Å². The summed E-state index contributed by atoms with van der Waals surface area (Å²) in [6.07, 6.45) is 0.823. The van der Waals surface area contributed by atoms with Crippen molar-refractivity contribution in [2.45, 2.75) is 19.9 Å². The van der Waals surface area contributed by atoms with Gasteiger partial charge in [0.25, 0.3) is 0 Å². The van der Waals surface area contributed by atoms with Gasteiger partial charge in [0.15, 0.2) is 5.96 Å². The zero-order chi connectivity index (χ0) is 17.7. The van der Waals surface area contributed by atoms with Gasteiger partial charge in [-0.3, -0.25) is 4.99 Å². The van der Waals surface area contributed by atoms with E-state index in [2.05, 4.69) is 20.3 Å². The summed E-state index contributed by atoms with van der Waals surface area (Å²) in [4.78, 5) is 4.36. The van der Waals surface area contributed by atoms with E-state index in [-0.39, 0.29) is 5.75 Å². The molecule has 24 heavy (non-hydrogen) atoms. The lowest BCUT2D eigenvalue weighted by molar-refractivity contribution is 0.197. The minimum atomic E-state index is -3.33. The molecular weight excluding hydrogens is 328 g/mol. The smallest absolute Gasteiger partial charge is 0.213 e. The molecule has 0 fully saturated rings. The lowest BCUT2D eigenvalue weighted by Crippen LogP contribution is -2.41. The van der Waals surface area contributed by atoms with Gasteiger partial charge in [-0.05, 0) is 18.9 Å². The molecule has 0 unspecified atom stereocenters.